The lowest BCUT2D eigenvalue weighted by Gasteiger charge is -2.11. The normalized spacial score (nSPS) is 17.7. The van der Waals surface area contributed by atoms with Crippen molar-refractivity contribution in [3.63, 3.8) is 0 Å². The van der Waals surface area contributed by atoms with Crippen molar-refractivity contribution in [1.29, 1.82) is 0 Å². The number of carbonyl (C=O) groups is 1. The Kier molecular flexibility index (Phi) is 4.58. The second-order valence-electron chi connectivity index (χ2n) is 4.01. The molecule has 0 spiro atoms. The Hall–Kier alpha value is -1.54. The zero-order chi connectivity index (χ0) is 15.6. The molecule has 0 atom stereocenters. The Morgan fingerprint density at radius 1 is 1.38 bits per heavy atom. The van der Waals surface area contributed by atoms with Crippen molar-refractivity contribution < 1.29 is 22.7 Å². The fraction of sp³-hybridized carbons (Fsp3) is 0.231. The summed E-state index contributed by atoms with van der Waals surface area (Å²) in [6, 6.07) is 5.63. The highest BCUT2D eigenvalue weighted by Gasteiger charge is 2.33. The van der Waals surface area contributed by atoms with Crippen LogP contribution in [-0.2, 0) is 4.79 Å². The molecule has 0 unspecified atom stereocenters. The number of hydrogen-bond donors (Lipinski definition) is 0. The molecule has 1 aliphatic heterocycles. The first-order valence-corrected chi connectivity index (χ1v) is 7.14. The number of rotatable bonds is 3. The smallest absolute Gasteiger partial charge is 0.405 e. The van der Waals surface area contributed by atoms with Gasteiger partial charge in [0.25, 0.3) is 5.91 Å². The zero-order valence-corrected chi connectivity index (χ0v) is 12.4. The van der Waals surface area contributed by atoms with E-state index in [9.17, 15) is 18.0 Å². The molecule has 21 heavy (non-hydrogen) atoms. The number of thioether (sulfide) groups is 1. The molecule has 1 saturated heterocycles. The fourth-order valence-corrected chi connectivity index (χ4v) is 3.11. The van der Waals surface area contributed by atoms with Gasteiger partial charge in [-0.15, -0.1) is 13.2 Å². The van der Waals surface area contributed by atoms with Gasteiger partial charge in [0, 0.05) is 12.1 Å². The molecule has 0 aliphatic carbocycles. The summed E-state index contributed by atoms with van der Waals surface area (Å²) in [6.45, 7) is 2.19. The van der Waals surface area contributed by atoms with E-state index in [0.717, 1.165) is 11.8 Å². The van der Waals surface area contributed by atoms with E-state index in [-0.39, 0.29) is 22.1 Å². The average Bonchev–Trinajstić information content (AvgIpc) is 2.65. The molecule has 1 amide bonds. The molecule has 8 heteroatoms. The SMILES string of the molecule is CCN1C(=O)/C(=C/c2ccccc2OC(F)(F)F)SC1=S. The van der Waals surface area contributed by atoms with Gasteiger partial charge >= 0.3 is 6.36 Å². The third-order valence-corrected chi connectivity index (χ3v) is 4.00. The quantitative estimate of drug-likeness (QED) is 0.621. The number of halogens is 3. The highest BCUT2D eigenvalue weighted by Crippen LogP contribution is 2.35. The lowest BCUT2D eigenvalue weighted by Crippen LogP contribution is -2.27. The molecule has 0 bridgehead atoms. The minimum Gasteiger partial charge on any atom is -0.405 e. The number of nitrogens with zero attached hydrogens (tertiary/aromatic N) is 1. The van der Waals surface area contributed by atoms with Crippen molar-refractivity contribution in [2.24, 2.45) is 0 Å². The number of hydrogen-bond acceptors (Lipinski definition) is 4. The number of para-hydroxylation sites is 1. The summed E-state index contributed by atoms with van der Waals surface area (Å²) < 4.78 is 41.4. The second kappa shape index (κ2) is 6.07. The molecule has 0 saturated carbocycles. The van der Waals surface area contributed by atoms with Crippen molar-refractivity contribution in [3.05, 3.63) is 34.7 Å². The van der Waals surface area contributed by atoms with Gasteiger partial charge in [0.05, 0.1) is 4.91 Å². The number of alkyl halides is 3. The minimum atomic E-state index is -4.79. The molecular formula is C13H10F3NO2S2. The van der Waals surface area contributed by atoms with Crippen LogP contribution in [0.5, 0.6) is 5.75 Å². The van der Waals surface area contributed by atoms with Crippen LogP contribution in [-0.4, -0.2) is 28.0 Å². The van der Waals surface area contributed by atoms with Gasteiger partial charge in [0.2, 0.25) is 0 Å². The van der Waals surface area contributed by atoms with Crippen LogP contribution in [0.2, 0.25) is 0 Å². The average molecular weight is 333 g/mol. The van der Waals surface area contributed by atoms with Crippen molar-refractivity contribution in [3.8, 4) is 5.75 Å². The number of benzene rings is 1. The summed E-state index contributed by atoms with van der Waals surface area (Å²) in [7, 11) is 0. The topological polar surface area (TPSA) is 29.5 Å². The highest BCUT2D eigenvalue weighted by molar-refractivity contribution is 8.26. The molecule has 112 valence electrons. The standard InChI is InChI=1S/C13H10F3NO2S2/c1-2-17-11(18)10(21-12(17)20)7-8-5-3-4-6-9(8)19-13(14,15)16/h3-7H,2H2,1H3/b10-7-. The molecule has 0 aromatic heterocycles. The van der Waals surface area contributed by atoms with Crippen molar-refractivity contribution in [1.82, 2.24) is 4.90 Å². The van der Waals surface area contributed by atoms with Crippen LogP contribution in [0.4, 0.5) is 13.2 Å². The summed E-state index contributed by atoms with van der Waals surface area (Å²) >= 11 is 6.11. The molecule has 1 aliphatic rings. The number of carbonyl (C=O) groups excluding carboxylic acids is 1. The fourth-order valence-electron chi connectivity index (χ4n) is 1.73. The third kappa shape index (κ3) is 3.76. The van der Waals surface area contributed by atoms with Crippen LogP contribution in [0.25, 0.3) is 6.08 Å². The molecule has 2 rings (SSSR count). The van der Waals surface area contributed by atoms with E-state index in [2.05, 4.69) is 4.74 Å². The molecule has 1 aromatic rings. The minimum absolute atomic E-state index is 0.173. The summed E-state index contributed by atoms with van der Waals surface area (Å²) in [5.41, 5.74) is 0.173. The summed E-state index contributed by atoms with van der Waals surface area (Å²) in [4.78, 5) is 13.7. The highest BCUT2D eigenvalue weighted by atomic mass is 32.2. The molecule has 1 heterocycles. The first kappa shape index (κ1) is 15.8. The number of likely N-dealkylation sites (N-methyl/N-ethyl adjacent to an activating group) is 1. The summed E-state index contributed by atoms with van der Waals surface area (Å²) in [6.07, 6.45) is -3.43. The maximum Gasteiger partial charge on any atom is 0.573 e. The predicted octanol–water partition coefficient (Wildman–Crippen LogP) is 3.81. The van der Waals surface area contributed by atoms with E-state index < -0.39 is 6.36 Å². The van der Waals surface area contributed by atoms with E-state index in [1.54, 1.807) is 13.0 Å². The van der Waals surface area contributed by atoms with Crippen molar-refractivity contribution in [2.45, 2.75) is 13.3 Å². The van der Waals surface area contributed by atoms with Gasteiger partial charge < -0.3 is 4.74 Å². The summed E-state index contributed by atoms with van der Waals surface area (Å²) in [5, 5.41) is 0. The van der Waals surface area contributed by atoms with E-state index >= 15 is 0 Å². The maximum absolute atomic E-state index is 12.3. The predicted molar refractivity (Wildman–Crippen MR) is 78.7 cm³/mol. The second-order valence-corrected chi connectivity index (χ2v) is 5.69. The Morgan fingerprint density at radius 3 is 2.62 bits per heavy atom. The van der Waals surface area contributed by atoms with Crippen LogP contribution >= 0.6 is 24.0 Å². The molecule has 0 radical (unpaired) electrons. The van der Waals surface area contributed by atoms with Gasteiger partial charge in [-0.05, 0) is 19.1 Å². The maximum atomic E-state index is 12.3. The van der Waals surface area contributed by atoms with E-state index in [1.165, 1.54) is 29.2 Å². The molecule has 3 nitrogen and oxygen atoms in total. The Labute approximate surface area is 128 Å². The lowest BCUT2D eigenvalue weighted by atomic mass is 10.2. The molecular weight excluding hydrogens is 323 g/mol. The lowest BCUT2D eigenvalue weighted by molar-refractivity contribution is -0.274. The van der Waals surface area contributed by atoms with Gasteiger partial charge in [-0.1, -0.05) is 42.2 Å². The first-order chi connectivity index (χ1) is 9.81. The Morgan fingerprint density at radius 2 is 2.05 bits per heavy atom. The molecule has 1 fully saturated rings. The first-order valence-electron chi connectivity index (χ1n) is 5.92. The van der Waals surface area contributed by atoms with Crippen LogP contribution in [0.1, 0.15) is 12.5 Å². The van der Waals surface area contributed by atoms with Gasteiger partial charge in [0.15, 0.2) is 0 Å². The van der Waals surface area contributed by atoms with E-state index in [1.807, 2.05) is 0 Å². The van der Waals surface area contributed by atoms with Crippen molar-refractivity contribution >= 4 is 40.3 Å². The zero-order valence-electron chi connectivity index (χ0n) is 10.8. The van der Waals surface area contributed by atoms with Crippen LogP contribution < -0.4 is 4.74 Å². The third-order valence-electron chi connectivity index (χ3n) is 2.62. The Bertz CT molecular complexity index is 614. The van der Waals surface area contributed by atoms with E-state index in [0.29, 0.717) is 10.9 Å². The van der Waals surface area contributed by atoms with Crippen molar-refractivity contribution in [2.75, 3.05) is 6.54 Å². The van der Waals surface area contributed by atoms with Gasteiger partial charge in [-0.2, -0.15) is 0 Å². The van der Waals surface area contributed by atoms with Gasteiger partial charge in [-0.3, -0.25) is 9.69 Å². The van der Waals surface area contributed by atoms with Crippen LogP contribution in [0.3, 0.4) is 0 Å². The van der Waals surface area contributed by atoms with Crippen LogP contribution in [0, 0.1) is 0 Å². The molecule has 1 aromatic carbocycles. The molecule has 0 N–H and O–H groups in total. The Balaban J connectivity index is 2.34. The van der Waals surface area contributed by atoms with E-state index in [4.69, 9.17) is 12.2 Å². The largest absolute Gasteiger partial charge is 0.573 e. The number of amides is 1. The number of thiocarbonyl (C=S) groups is 1. The summed E-state index contributed by atoms with van der Waals surface area (Å²) in [5.74, 6) is -0.666. The van der Waals surface area contributed by atoms with Gasteiger partial charge in [0.1, 0.15) is 10.1 Å². The van der Waals surface area contributed by atoms with Gasteiger partial charge in [-0.25, -0.2) is 0 Å². The monoisotopic (exact) mass is 333 g/mol. The number of ether oxygens (including phenoxy) is 1. The van der Waals surface area contributed by atoms with Crippen LogP contribution in [0.15, 0.2) is 29.2 Å².